The first-order chi connectivity index (χ1) is 16.0. The van der Waals surface area contributed by atoms with Crippen molar-refractivity contribution in [2.24, 2.45) is 0 Å². The Morgan fingerprint density at radius 2 is 1.64 bits per heavy atom. The van der Waals surface area contributed by atoms with E-state index >= 15 is 0 Å². The van der Waals surface area contributed by atoms with Crippen LogP contribution in [-0.4, -0.2) is 49.4 Å². The molecule has 8 heteroatoms. The molecule has 2 aromatic carbocycles. The van der Waals surface area contributed by atoms with Gasteiger partial charge in [0.05, 0.1) is 25.4 Å². The van der Waals surface area contributed by atoms with Crippen molar-refractivity contribution in [3.63, 3.8) is 0 Å². The van der Waals surface area contributed by atoms with E-state index in [1.54, 1.807) is 20.3 Å². The zero-order chi connectivity index (χ0) is 22.9. The fraction of sp³-hybridized carbons (Fsp3) is 0.440. The average molecular weight is 452 g/mol. The van der Waals surface area contributed by atoms with Crippen LogP contribution in [0.15, 0.2) is 30.3 Å². The van der Waals surface area contributed by atoms with Gasteiger partial charge in [0, 0.05) is 36.6 Å². The Hall–Kier alpha value is -3.13. The highest BCUT2D eigenvalue weighted by atomic mass is 19.1. The number of rotatable bonds is 7. The summed E-state index contributed by atoms with van der Waals surface area (Å²) in [6, 6.07) is 10.0. The van der Waals surface area contributed by atoms with Gasteiger partial charge in [-0.1, -0.05) is 6.07 Å². The molecule has 1 aliphatic carbocycles. The molecule has 3 aromatic rings. The third-order valence-electron chi connectivity index (χ3n) is 6.39. The molecule has 174 valence electrons. The maximum Gasteiger partial charge on any atom is 0.227 e. The Morgan fingerprint density at radius 1 is 0.939 bits per heavy atom. The zero-order valence-corrected chi connectivity index (χ0v) is 19.3. The van der Waals surface area contributed by atoms with E-state index in [0.717, 1.165) is 36.9 Å². The molecule has 7 nitrogen and oxygen atoms in total. The van der Waals surface area contributed by atoms with Crippen molar-refractivity contribution in [3.05, 3.63) is 41.7 Å². The van der Waals surface area contributed by atoms with Crippen LogP contribution in [0.4, 0.5) is 21.8 Å². The summed E-state index contributed by atoms with van der Waals surface area (Å²) in [7, 11) is 3.19. The Labute approximate surface area is 193 Å². The molecule has 1 aliphatic heterocycles. The smallest absolute Gasteiger partial charge is 0.227 e. The van der Waals surface area contributed by atoms with Crippen LogP contribution in [0.2, 0.25) is 0 Å². The number of methoxy groups -OCH3 is 2. The second-order valence-corrected chi connectivity index (χ2v) is 8.91. The molecule has 33 heavy (non-hydrogen) atoms. The molecule has 1 aromatic heterocycles. The maximum atomic E-state index is 14.6. The highest BCUT2D eigenvalue weighted by Crippen LogP contribution is 2.36. The minimum Gasteiger partial charge on any atom is -0.493 e. The van der Waals surface area contributed by atoms with Crippen molar-refractivity contribution in [1.82, 2.24) is 15.3 Å². The molecular weight excluding hydrogens is 421 g/mol. The normalized spacial score (nSPS) is 16.8. The molecular formula is C25H30FN5O2. The lowest BCUT2D eigenvalue weighted by molar-refractivity contribution is 0.356. The first-order valence-corrected chi connectivity index (χ1v) is 11.5. The first kappa shape index (κ1) is 21.7. The highest BCUT2D eigenvalue weighted by Gasteiger charge is 2.28. The van der Waals surface area contributed by atoms with Crippen LogP contribution < -0.4 is 25.0 Å². The molecule has 0 bridgehead atoms. The number of hydrogen-bond acceptors (Lipinski definition) is 7. The molecule has 0 spiro atoms. The van der Waals surface area contributed by atoms with Crippen LogP contribution in [0.25, 0.3) is 10.9 Å². The molecule has 2 fully saturated rings. The number of nitrogens with zero attached hydrogens (tertiary/aromatic N) is 3. The summed E-state index contributed by atoms with van der Waals surface area (Å²) < 4.78 is 25.6. The maximum absolute atomic E-state index is 14.6. The lowest BCUT2D eigenvalue weighted by atomic mass is 10.1. The zero-order valence-electron chi connectivity index (χ0n) is 19.3. The molecule has 1 saturated heterocycles. The predicted octanol–water partition coefficient (Wildman–Crippen LogP) is 4.56. The van der Waals surface area contributed by atoms with E-state index in [1.807, 2.05) is 25.1 Å². The number of piperidine rings is 1. The van der Waals surface area contributed by atoms with E-state index < -0.39 is 0 Å². The summed E-state index contributed by atoms with van der Waals surface area (Å²) in [5, 5.41) is 7.66. The molecule has 2 aliphatic rings. The van der Waals surface area contributed by atoms with Gasteiger partial charge in [0.25, 0.3) is 0 Å². The van der Waals surface area contributed by atoms with E-state index in [4.69, 9.17) is 19.4 Å². The number of fused-ring (bicyclic) bond motifs is 1. The highest BCUT2D eigenvalue weighted by molar-refractivity contribution is 5.94. The van der Waals surface area contributed by atoms with Gasteiger partial charge in [-0.15, -0.1) is 0 Å². The molecule has 0 amide bonds. The molecule has 0 atom stereocenters. The van der Waals surface area contributed by atoms with Crippen molar-refractivity contribution in [3.8, 4) is 11.5 Å². The van der Waals surface area contributed by atoms with Crippen LogP contribution >= 0.6 is 0 Å². The Balaban J connectivity index is 1.51. The van der Waals surface area contributed by atoms with Crippen LogP contribution in [0.3, 0.4) is 0 Å². The van der Waals surface area contributed by atoms with E-state index in [0.29, 0.717) is 46.6 Å². The molecule has 5 rings (SSSR count). The van der Waals surface area contributed by atoms with Crippen LogP contribution in [0.1, 0.15) is 31.2 Å². The number of ether oxygens (including phenoxy) is 2. The summed E-state index contributed by atoms with van der Waals surface area (Å²) in [6.07, 6.45) is 4.70. The predicted molar refractivity (Wildman–Crippen MR) is 128 cm³/mol. The Bertz CT molecular complexity index is 1160. The van der Waals surface area contributed by atoms with Gasteiger partial charge in [-0.2, -0.15) is 4.98 Å². The second kappa shape index (κ2) is 9.02. The van der Waals surface area contributed by atoms with E-state index in [1.165, 1.54) is 18.9 Å². The molecule has 0 unspecified atom stereocenters. The molecule has 0 radical (unpaired) electrons. The number of nitrogens with one attached hydrogen (secondary N) is 2. The third kappa shape index (κ3) is 4.66. The van der Waals surface area contributed by atoms with Gasteiger partial charge in [-0.05, 0) is 56.4 Å². The van der Waals surface area contributed by atoms with Crippen molar-refractivity contribution >= 4 is 28.4 Å². The summed E-state index contributed by atoms with van der Waals surface area (Å²) in [6.45, 7) is 3.62. The van der Waals surface area contributed by atoms with Gasteiger partial charge in [0.1, 0.15) is 11.6 Å². The summed E-state index contributed by atoms with van der Waals surface area (Å²) in [5.41, 5.74) is 1.94. The van der Waals surface area contributed by atoms with Gasteiger partial charge >= 0.3 is 0 Å². The van der Waals surface area contributed by atoms with E-state index in [-0.39, 0.29) is 5.82 Å². The van der Waals surface area contributed by atoms with Crippen molar-refractivity contribution in [2.45, 2.75) is 44.7 Å². The number of hydrogen-bond donors (Lipinski definition) is 2. The van der Waals surface area contributed by atoms with Gasteiger partial charge in [0.2, 0.25) is 5.95 Å². The lowest BCUT2D eigenvalue weighted by Crippen LogP contribution is -2.43. The number of aromatic nitrogens is 2. The van der Waals surface area contributed by atoms with Gasteiger partial charge in [-0.3, -0.25) is 0 Å². The SMILES string of the molecule is COc1cc2nc(N3CCC(NC4CC4)CC3)nc(Nc3ccc(C)cc3F)c2cc1OC. The standard InChI is InChI=1S/C25H30FN5O2/c1-15-4-7-20(19(26)12-15)28-24-18-13-22(32-2)23(33-3)14-21(18)29-25(30-24)31-10-8-17(9-11-31)27-16-5-6-16/h4,7,12-14,16-17,27H,5-6,8-11H2,1-3H3,(H,28,29,30). The van der Waals surface area contributed by atoms with Crippen molar-refractivity contribution < 1.29 is 13.9 Å². The van der Waals surface area contributed by atoms with Gasteiger partial charge in [-0.25, -0.2) is 9.37 Å². The van der Waals surface area contributed by atoms with Crippen LogP contribution in [0, 0.1) is 12.7 Å². The van der Waals surface area contributed by atoms with E-state index in [2.05, 4.69) is 15.5 Å². The Kier molecular flexibility index (Phi) is 5.93. The number of aryl methyl sites for hydroxylation is 1. The lowest BCUT2D eigenvalue weighted by Gasteiger charge is -2.33. The van der Waals surface area contributed by atoms with Crippen molar-refractivity contribution in [1.29, 1.82) is 0 Å². The molecule has 2 heterocycles. The average Bonchev–Trinajstić information content (AvgIpc) is 3.64. The molecule has 2 N–H and O–H groups in total. The minimum absolute atomic E-state index is 0.323. The minimum atomic E-state index is -0.323. The second-order valence-electron chi connectivity index (χ2n) is 8.91. The van der Waals surface area contributed by atoms with Gasteiger partial charge < -0.3 is 25.0 Å². The van der Waals surface area contributed by atoms with Crippen LogP contribution in [0.5, 0.6) is 11.5 Å². The summed E-state index contributed by atoms with van der Waals surface area (Å²) in [4.78, 5) is 11.9. The molecule has 1 saturated carbocycles. The topological polar surface area (TPSA) is 71.5 Å². The Morgan fingerprint density at radius 3 is 2.30 bits per heavy atom. The quantitative estimate of drug-likeness (QED) is 0.546. The third-order valence-corrected chi connectivity index (χ3v) is 6.39. The largest absolute Gasteiger partial charge is 0.493 e. The van der Waals surface area contributed by atoms with E-state index in [9.17, 15) is 4.39 Å². The van der Waals surface area contributed by atoms with Gasteiger partial charge in [0.15, 0.2) is 11.5 Å². The van der Waals surface area contributed by atoms with Crippen LogP contribution in [-0.2, 0) is 0 Å². The first-order valence-electron chi connectivity index (χ1n) is 11.5. The number of halogens is 1. The fourth-order valence-corrected chi connectivity index (χ4v) is 4.36. The fourth-order valence-electron chi connectivity index (χ4n) is 4.36. The summed E-state index contributed by atoms with van der Waals surface area (Å²) in [5.74, 6) is 2.01. The number of benzene rings is 2. The monoisotopic (exact) mass is 451 g/mol. The van der Waals surface area contributed by atoms with Crippen molar-refractivity contribution in [2.75, 3.05) is 37.5 Å². The summed E-state index contributed by atoms with van der Waals surface area (Å²) >= 11 is 0. The number of anilines is 3.